The number of carbonyl (C=O) groups excluding carboxylic acids is 1. The molecule has 0 N–H and O–H groups in total. The molecule has 0 spiro atoms. The van der Waals surface area contributed by atoms with E-state index >= 15 is 0 Å². The van der Waals surface area contributed by atoms with Crippen molar-refractivity contribution >= 4 is 38.7 Å². The van der Waals surface area contributed by atoms with Crippen molar-refractivity contribution in [2.24, 2.45) is 0 Å². The van der Waals surface area contributed by atoms with Crippen LogP contribution < -0.4 is 5.43 Å². The number of pyridine rings is 1. The Balaban J connectivity index is 2.36. The van der Waals surface area contributed by atoms with Gasteiger partial charge in [0.05, 0.1) is 22.1 Å². The predicted molar refractivity (Wildman–Crippen MR) is 83.2 cm³/mol. The number of hydrogen-bond donors (Lipinski definition) is 0. The van der Waals surface area contributed by atoms with Gasteiger partial charge in [-0.3, -0.25) is 19.7 Å². The Hall–Kier alpha value is -1.80. The summed E-state index contributed by atoms with van der Waals surface area (Å²) in [6, 6.07) is 1.80. The first-order valence-corrected chi connectivity index (χ1v) is 7.54. The van der Waals surface area contributed by atoms with E-state index in [0.29, 0.717) is 5.56 Å². The van der Waals surface area contributed by atoms with Gasteiger partial charge >= 0.3 is 5.69 Å². The molecular weight excluding hydrogens is 360 g/mol. The SMILES string of the molecule is Cc1cc(C(=O)Cn2cc(Br)c(=O)c([N+](=O)[O-])c2)c(C)s1. The highest BCUT2D eigenvalue weighted by atomic mass is 79.9. The van der Waals surface area contributed by atoms with Crippen LogP contribution in [-0.4, -0.2) is 15.3 Å². The van der Waals surface area contributed by atoms with Crippen LogP contribution in [-0.2, 0) is 6.54 Å². The lowest BCUT2D eigenvalue weighted by Gasteiger charge is -2.06. The van der Waals surface area contributed by atoms with Gasteiger partial charge in [0, 0.05) is 21.5 Å². The van der Waals surface area contributed by atoms with Crippen molar-refractivity contribution in [1.29, 1.82) is 0 Å². The van der Waals surface area contributed by atoms with Crippen LogP contribution in [0.5, 0.6) is 0 Å². The van der Waals surface area contributed by atoms with E-state index in [0.717, 1.165) is 16.0 Å². The number of aryl methyl sites for hydroxylation is 2. The van der Waals surface area contributed by atoms with Gasteiger partial charge < -0.3 is 4.57 Å². The first-order chi connectivity index (χ1) is 9.79. The number of nitrogens with zero attached hydrogens (tertiary/aromatic N) is 2. The molecule has 110 valence electrons. The lowest BCUT2D eigenvalue weighted by atomic mass is 10.1. The van der Waals surface area contributed by atoms with E-state index in [1.807, 2.05) is 13.8 Å². The van der Waals surface area contributed by atoms with Gasteiger partial charge in [0.2, 0.25) is 0 Å². The number of halogens is 1. The summed E-state index contributed by atoms with van der Waals surface area (Å²) in [6.07, 6.45) is 2.46. The molecular formula is C13H11BrN2O4S. The Morgan fingerprint density at radius 2 is 2.10 bits per heavy atom. The molecule has 0 radical (unpaired) electrons. The predicted octanol–water partition coefficient (Wildman–Crippen LogP) is 3.08. The van der Waals surface area contributed by atoms with Crippen LogP contribution >= 0.6 is 27.3 Å². The molecule has 6 nitrogen and oxygen atoms in total. The summed E-state index contributed by atoms with van der Waals surface area (Å²) < 4.78 is 1.40. The quantitative estimate of drug-likeness (QED) is 0.470. The number of aromatic nitrogens is 1. The molecule has 0 bridgehead atoms. The highest BCUT2D eigenvalue weighted by Gasteiger charge is 2.18. The molecule has 2 aromatic heterocycles. The fourth-order valence-electron chi connectivity index (χ4n) is 1.96. The Kier molecular flexibility index (Phi) is 4.38. The smallest absolute Gasteiger partial charge is 0.333 e. The van der Waals surface area contributed by atoms with Gasteiger partial charge in [-0.15, -0.1) is 11.3 Å². The van der Waals surface area contributed by atoms with Crippen molar-refractivity contribution in [3.05, 3.63) is 58.6 Å². The van der Waals surface area contributed by atoms with Crippen LogP contribution in [0, 0.1) is 24.0 Å². The maximum absolute atomic E-state index is 12.2. The molecule has 0 amide bonds. The van der Waals surface area contributed by atoms with Crippen molar-refractivity contribution in [3.8, 4) is 0 Å². The molecule has 0 aliphatic heterocycles. The van der Waals surface area contributed by atoms with Gasteiger partial charge in [-0.2, -0.15) is 0 Å². The maximum atomic E-state index is 12.2. The highest BCUT2D eigenvalue weighted by molar-refractivity contribution is 9.10. The van der Waals surface area contributed by atoms with Crippen LogP contribution in [0.2, 0.25) is 0 Å². The summed E-state index contributed by atoms with van der Waals surface area (Å²) in [5.41, 5.74) is -0.656. The van der Waals surface area contributed by atoms with Gasteiger partial charge in [0.25, 0.3) is 5.43 Å². The van der Waals surface area contributed by atoms with Crippen molar-refractivity contribution < 1.29 is 9.72 Å². The lowest BCUT2D eigenvalue weighted by molar-refractivity contribution is -0.386. The summed E-state index contributed by atoms with van der Waals surface area (Å²) in [7, 11) is 0. The van der Waals surface area contributed by atoms with Crippen LogP contribution in [0.1, 0.15) is 20.1 Å². The molecule has 0 unspecified atom stereocenters. The normalized spacial score (nSPS) is 10.6. The molecule has 2 aromatic rings. The summed E-state index contributed by atoms with van der Waals surface area (Å²) in [5.74, 6) is -0.151. The van der Waals surface area contributed by atoms with E-state index in [-0.39, 0.29) is 16.8 Å². The van der Waals surface area contributed by atoms with Crippen LogP contribution in [0.3, 0.4) is 0 Å². The van der Waals surface area contributed by atoms with Crippen molar-refractivity contribution in [2.45, 2.75) is 20.4 Å². The number of carbonyl (C=O) groups is 1. The van der Waals surface area contributed by atoms with E-state index in [1.165, 1.54) is 22.1 Å². The molecule has 0 saturated heterocycles. The van der Waals surface area contributed by atoms with Crippen LogP contribution in [0.15, 0.2) is 27.7 Å². The first-order valence-electron chi connectivity index (χ1n) is 5.94. The Morgan fingerprint density at radius 1 is 1.43 bits per heavy atom. The van der Waals surface area contributed by atoms with Crippen molar-refractivity contribution in [1.82, 2.24) is 4.57 Å². The average Bonchev–Trinajstić information content (AvgIpc) is 2.72. The molecule has 0 atom stereocenters. The van der Waals surface area contributed by atoms with E-state index in [4.69, 9.17) is 0 Å². The standard InChI is InChI=1S/C13H11BrN2O4S/c1-7-3-9(8(2)21-7)12(17)6-15-4-10(14)13(18)11(5-15)16(19)20/h3-5H,6H2,1-2H3. The summed E-state index contributed by atoms with van der Waals surface area (Å²) in [4.78, 5) is 35.9. The molecule has 0 aliphatic rings. The maximum Gasteiger partial charge on any atom is 0.333 e. The highest BCUT2D eigenvalue weighted by Crippen LogP contribution is 2.21. The number of thiophene rings is 1. The van der Waals surface area contributed by atoms with Gasteiger partial charge in [-0.1, -0.05) is 0 Å². The zero-order valence-corrected chi connectivity index (χ0v) is 13.7. The molecule has 8 heteroatoms. The van der Waals surface area contributed by atoms with E-state index in [9.17, 15) is 19.7 Å². The summed E-state index contributed by atoms with van der Waals surface area (Å²) in [6.45, 7) is 3.71. The number of ketones is 1. The van der Waals surface area contributed by atoms with Gasteiger partial charge in [0.15, 0.2) is 5.78 Å². The second-order valence-electron chi connectivity index (χ2n) is 4.50. The Bertz CT molecular complexity index is 794. The Morgan fingerprint density at radius 3 is 2.62 bits per heavy atom. The monoisotopic (exact) mass is 370 g/mol. The average molecular weight is 371 g/mol. The van der Waals surface area contributed by atoms with Crippen molar-refractivity contribution in [3.63, 3.8) is 0 Å². The molecule has 0 fully saturated rings. The minimum absolute atomic E-state index is 0.0581. The fourth-order valence-corrected chi connectivity index (χ4v) is 3.37. The number of hydrogen-bond acceptors (Lipinski definition) is 5. The zero-order chi connectivity index (χ0) is 15.7. The van der Waals surface area contributed by atoms with Gasteiger partial charge in [-0.25, -0.2) is 0 Å². The van der Waals surface area contributed by atoms with E-state index < -0.39 is 16.0 Å². The van der Waals surface area contributed by atoms with Crippen molar-refractivity contribution in [2.75, 3.05) is 0 Å². The van der Waals surface area contributed by atoms with Gasteiger partial charge in [0.1, 0.15) is 0 Å². The zero-order valence-electron chi connectivity index (χ0n) is 11.3. The number of nitro groups is 1. The minimum atomic E-state index is -0.756. The topological polar surface area (TPSA) is 82.2 Å². The molecule has 0 aromatic carbocycles. The molecule has 0 aliphatic carbocycles. The van der Waals surface area contributed by atoms with E-state index in [2.05, 4.69) is 15.9 Å². The third-order valence-electron chi connectivity index (χ3n) is 2.88. The second kappa shape index (κ2) is 5.90. The van der Waals surface area contributed by atoms with Crippen LogP contribution in [0.4, 0.5) is 5.69 Å². The lowest BCUT2D eigenvalue weighted by Crippen LogP contribution is -2.16. The largest absolute Gasteiger partial charge is 0.339 e. The minimum Gasteiger partial charge on any atom is -0.339 e. The van der Waals surface area contributed by atoms with E-state index in [1.54, 1.807) is 6.07 Å². The molecule has 0 saturated carbocycles. The second-order valence-corrected chi connectivity index (χ2v) is 6.81. The first kappa shape index (κ1) is 15.6. The van der Waals surface area contributed by atoms with Gasteiger partial charge in [-0.05, 0) is 35.8 Å². The molecule has 2 rings (SSSR count). The third-order valence-corrected chi connectivity index (χ3v) is 4.41. The fraction of sp³-hybridized carbons (Fsp3) is 0.231. The molecule has 21 heavy (non-hydrogen) atoms. The third kappa shape index (κ3) is 3.27. The van der Waals surface area contributed by atoms with Crippen LogP contribution in [0.25, 0.3) is 0 Å². The number of rotatable bonds is 4. The molecule has 2 heterocycles. The summed E-state index contributed by atoms with van der Waals surface area (Å²) >= 11 is 4.51. The summed E-state index contributed by atoms with van der Waals surface area (Å²) in [5, 5.41) is 10.8. The number of Topliss-reactive ketones (excluding diaryl/α,β-unsaturated/α-hetero) is 1. The Labute approximate surface area is 132 Å².